The Morgan fingerprint density at radius 1 is 1.19 bits per heavy atom. The van der Waals surface area contributed by atoms with Gasteiger partial charge in [0, 0.05) is 50.3 Å². The maximum Gasteiger partial charge on any atom is 0.229 e. The molecule has 5 rings (SSSR count). The zero-order chi connectivity index (χ0) is 26.0. The molecular weight excluding hydrogens is 511 g/mol. The van der Waals surface area contributed by atoms with E-state index < -0.39 is 7.14 Å². The van der Waals surface area contributed by atoms with Crippen LogP contribution in [0.3, 0.4) is 0 Å². The Morgan fingerprint density at radius 2 is 2.03 bits per heavy atom. The summed E-state index contributed by atoms with van der Waals surface area (Å²) in [5.74, 6) is 1.67. The van der Waals surface area contributed by atoms with E-state index in [2.05, 4.69) is 36.5 Å². The lowest BCUT2D eigenvalue weighted by molar-refractivity contribution is 0.119. The number of rotatable bonds is 8. The summed E-state index contributed by atoms with van der Waals surface area (Å²) in [6.45, 7) is 8.73. The molecule has 2 aliphatic rings. The Labute approximate surface area is 222 Å². The Morgan fingerprint density at radius 3 is 2.84 bits per heavy atom. The van der Waals surface area contributed by atoms with Crippen molar-refractivity contribution in [1.82, 2.24) is 14.9 Å². The fourth-order valence-corrected chi connectivity index (χ4v) is 6.05. The Kier molecular flexibility index (Phi) is 7.58. The largest absolute Gasteiger partial charge is 0.489 e. The van der Waals surface area contributed by atoms with Gasteiger partial charge in [0.2, 0.25) is 5.95 Å². The smallest absolute Gasteiger partial charge is 0.229 e. The van der Waals surface area contributed by atoms with Crippen molar-refractivity contribution in [1.29, 1.82) is 0 Å². The van der Waals surface area contributed by atoms with Gasteiger partial charge < -0.3 is 29.6 Å². The molecule has 0 bridgehead atoms. The first kappa shape index (κ1) is 25.8. The highest BCUT2D eigenvalue weighted by atomic mass is 35.5. The van der Waals surface area contributed by atoms with Crippen LogP contribution in [0.2, 0.25) is 5.02 Å². The van der Waals surface area contributed by atoms with Gasteiger partial charge >= 0.3 is 0 Å². The third-order valence-corrected chi connectivity index (χ3v) is 8.44. The molecule has 37 heavy (non-hydrogen) atoms. The van der Waals surface area contributed by atoms with Crippen molar-refractivity contribution in [3.05, 3.63) is 53.7 Å². The van der Waals surface area contributed by atoms with Gasteiger partial charge in [-0.2, -0.15) is 4.98 Å². The number of aromatic nitrogens is 2. The highest BCUT2D eigenvalue weighted by Crippen LogP contribution is 2.39. The van der Waals surface area contributed by atoms with E-state index in [1.807, 2.05) is 36.4 Å². The van der Waals surface area contributed by atoms with E-state index in [1.54, 1.807) is 26.6 Å². The van der Waals surface area contributed by atoms with Crippen LogP contribution in [0.4, 0.5) is 28.8 Å². The molecule has 0 radical (unpaired) electrons. The van der Waals surface area contributed by atoms with Crippen molar-refractivity contribution in [2.24, 2.45) is 0 Å². The third kappa shape index (κ3) is 5.85. The van der Waals surface area contributed by atoms with Crippen molar-refractivity contribution >= 4 is 52.9 Å². The number of hydrogen-bond donors (Lipinski definition) is 2. The van der Waals surface area contributed by atoms with Gasteiger partial charge in [-0.15, -0.1) is 0 Å². The molecule has 196 valence electrons. The number of methoxy groups -OCH3 is 1. The van der Waals surface area contributed by atoms with Crippen LogP contribution in [0.1, 0.15) is 0 Å². The number of halogens is 1. The van der Waals surface area contributed by atoms with Crippen LogP contribution >= 0.6 is 18.7 Å². The molecule has 3 heterocycles. The first-order valence-corrected chi connectivity index (χ1v) is 15.3. The molecule has 0 aliphatic carbocycles. The zero-order valence-electron chi connectivity index (χ0n) is 21.3. The number of anilines is 5. The molecule has 0 spiro atoms. The van der Waals surface area contributed by atoms with E-state index in [9.17, 15) is 4.57 Å². The second-order valence-corrected chi connectivity index (χ2v) is 13.2. The van der Waals surface area contributed by atoms with Crippen molar-refractivity contribution in [3.63, 3.8) is 0 Å². The fourth-order valence-electron chi connectivity index (χ4n) is 4.75. The van der Waals surface area contributed by atoms with Crippen molar-refractivity contribution < 1.29 is 14.0 Å². The van der Waals surface area contributed by atoms with Crippen LogP contribution in [-0.4, -0.2) is 80.7 Å². The molecular formula is C26H32ClN6O3P. The molecule has 1 aromatic heterocycles. The van der Waals surface area contributed by atoms with Gasteiger partial charge in [-0.05, 0) is 37.6 Å². The number of benzene rings is 2. The lowest BCUT2D eigenvalue weighted by Gasteiger charge is -2.45. The maximum absolute atomic E-state index is 12.7. The SMILES string of the molecule is COCCN1CCN2c3ccc(Nc4ncc(Cl)c(Nc5ccccc5P(C)(C)=O)n4)cc3OC[C@H]2C1. The van der Waals surface area contributed by atoms with E-state index in [1.165, 1.54) is 0 Å². The van der Waals surface area contributed by atoms with Gasteiger partial charge in [0.25, 0.3) is 0 Å². The van der Waals surface area contributed by atoms with Gasteiger partial charge in [0.1, 0.15) is 24.5 Å². The monoisotopic (exact) mass is 542 g/mol. The number of hydrogen-bond acceptors (Lipinski definition) is 9. The highest BCUT2D eigenvalue weighted by molar-refractivity contribution is 7.70. The number of piperazine rings is 1. The van der Waals surface area contributed by atoms with Crippen LogP contribution in [-0.2, 0) is 9.30 Å². The Balaban J connectivity index is 1.31. The van der Waals surface area contributed by atoms with Crippen LogP contribution in [0.5, 0.6) is 5.75 Å². The summed E-state index contributed by atoms with van der Waals surface area (Å²) < 4.78 is 24.1. The Bertz CT molecular complexity index is 1320. The van der Waals surface area contributed by atoms with E-state index >= 15 is 0 Å². The summed E-state index contributed by atoms with van der Waals surface area (Å²) in [6.07, 6.45) is 1.54. The standard InChI is InChI=1S/C26H32ClN6O3P/c1-35-13-12-32-10-11-33-19(16-32)17-36-23-14-18(8-9-22(23)33)29-26-28-15-20(27)25(31-26)30-21-6-4-5-7-24(21)37(2,3)34/h4-9,14-15,19H,10-13,16-17H2,1-3H3,(H2,28,29,30,31)/t19-/m1/s1. The van der Waals surface area contributed by atoms with Crippen molar-refractivity contribution in [2.45, 2.75) is 6.04 Å². The first-order valence-electron chi connectivity index (χ1n) is 12.3. The molecule has 2 N–H and O–H groups in total. The molecule has 1 atom stereocenters. The zero-order valence-corrected chi connectivity index (χ0v) is 22.9. The highest BCUT2D eigenvalue weighted by Gasteiger charge is 2.32. The van der Waals surface area contributed by atoms with Gasteiger partial charge in [0.15, 0.2) is 5.82 Å². The molecule has 2 aromatic carbocycles. The summed E-state index contributed by atoms with van der Waals surface area (Å²) in [6, 6.07) is 13.9. The summed E-state index contributed by atoms with van der Waals surface area (Å²) in [5, 5.41) is 7.60. The molecule has 11 heteroatoms. The second-order valence-electron chi connectivity index (χ2n) is 9.64. The maximum atomic E-state index is 12.7. The lowest BCUT2D eigenvalue weighted by Crippen LogP contribution is -2.57. The quantitative estimate of drug-likeness (QED) is 0.402. The number of fused-ring (bicyclic) bond motifs is 3. The van der Waals surface area contributed by atoms with E-state index in [-0.39, 0.29) is 0 Å². The minimum Gasteiger partial charge on any atom is -0.489 e. The normalized spacial score (nSPS) is 17.5. The summed E-state index contributed by atoms with van der Waals surface area (Å²) in [4.78, 5) is 13.8. The molecule has 9 nitrogen and oxygen atoms in total. The molecule has 0 unspecified atom stereocenters. The topological polar surface area (TPSA) is 91.9 Å². The van der Waals surface area contributed by atoms with Crippen molar-refractivity contribution in [3.8, 4) is 5.75 Å². The molecule has 0 amide bonds. The van der Waals surface area contributed by atoms with Gasteiger partial charge in [-0.25, -0.2) is 4.98 Å². The van der Waals surface area contributed by atoms with Crippen LogP contribution in [0.25, 0.3) is 0 Å². The van der Waals surface area contributed by atoms with Crippen LogP contribution in [0.15, 0.2) is 48.7 Å². The van der Waals surface area contributed by atoms with Gasteiger partial charge in [-0.3, -0.25) is 4.90 Å². The van der Waals surface area contributed by atoms with Gasteiger partial charge in [-0.1, -0.05) is 23.7 Å². The minimum atomic E-state index is -2.50. The van der Waals surface area contributed by atoms with E-state index in [0.717, 1.165) is 55.2 Å². The number of para-hydroxylation sites is 1. The van der Waals surface area contributed by atoms with E-state index in [4.69, 9.17) is 21.1 Å². The number of nitrogens with one attached hydrogen (secondary N) is 2. The lowest BCUT2D eigenvalue weighted by atomic mass is 10.1. The number of ether oxygens (including phenoxy) is 2. The predicted octanol–water partition coefficient (Wildman–Crippen LogP) is 4.39. The van der Waals surface area contributed by atoms with E-state index in [0.29, 0.717) is 35.1 Å². The minimum absolute atomic E-state index is 0.328. The van der Waals surface area contributed by atoms with Crippen LogP contribution in [0, 0.1) is 0 Å². The average molecular weight is 543 g/mol. The van der Waals surface area contributed by atoms with Gasteiger partial charge in [0.05, 0.1) is 30.2 Å². The fraction of sp³-hybridized carbons (Fsp3) is 0.385. The molecule has 1 fully saturated rings. The summed E-state index contributed by atoms with van der Waals surface area (Å²) in [5.41, 5.74) is 2.63. The summed E-state index contributed by atoms with van der Waals surface area (Å²) >= 11 is 6.39. The summed E-state index contributed by atoms with van der Waals surface area (Å²) in [7, 11) is -0.756. The molecule has 1 saturated heterocycles. The Hall–Kier alpha value is -2.84. The first-order chi connectivity index (χ1) is 17.8. The molecule has 2 aliphatic heterocycles. The molecule has 3 aromatic rings. The number of nitrogens with zero attached hydrogens (tertiary/aromatic N) is 4. The third-order valence-electron chi connectivity index (χ3n) is 6.62. The van der Waals surface area contributed by atoms with Crippen molar-refractivity contribution in [2.75, 3.05) is 75.4 Å². The average Bonchev–Trinajstić information content (AvgIpc) is 2.88. The predicted molar refractivity (Wildman–Crippen MR) is 151 cm³/mol. The molecule has 0 saturated carbocycles. The second kappa shape index (κ2) is 10.9. The van der Waals surface area contributed by atoms with Crippen LogP contribution < -0.4 is 25.6 Å².